The van der Waals surface area contributed by atoms with Gasteiger partial charge in [0.2, 0.25) is 0 Å². The second-order valence-corrected chi connectivity index (χ2v) is 6.55. The number of H-pyrrole nitrogens is 1. The molecule has 1 fully saturated rings. The first-order valence-corrected chi connectivity index (χ1v) is 8.70. The third-order valence-corrected chi connectivity index (χ3v) is 5.06. The maximum atomic E-state index is 13.2. The number of nitrogens with one attached hydrogen (secondary N) is 1. The molecule has 3 rings (SSSR count). The third-order valence-electron chi connectivity index (χ3n) is 5.06. The van der Waals surface area contributed by atoms with Crippen molar-refractivity contribution in [3.8, 4) is 5.75 Å². The summed E-state index contributed by atoms with van der Waals surface area (Å²) in [6, 6.07) is 7.85. The van der Waals surface area contributed by atoms with Crippen molar-refractivity contribution in [3.63, 3.8) is 0 Å². The Hall–Kier alpha value is -2.76. The summed E-state index contributed by atoms with van der Waals surface area (Å²) in [4.78, 5) is 30.1. The Morgan fingerprint density at radius 1 is 1.15 bits per heavy atom. The first kappa shape index (κ1) is 18.0. The second-order valence-electron chi connectivity index (χ2n) is 6.55. The van der Waals surface area contributed by atoms with Crippen LogP contribution in [0.5, 0.6) is 5.75 Å². The number of nitrogens with zero attached hydrogens (tertiary/aromatic N) is 1. The van der Waals surface area contributed by atoms with E-state index >= 15 is 0 Å². The van der Waals surface area contributed by atoms with Gasteiger partial charge in [-0.15, -0.1) is 0 Å². The molecule has 1 amide bonds. The first-order chi connectivity index (χ1) is 12.5. The van der Waals surface area contributed by atoms with Crippen molar-refractivity contribution in [2.75, 3.05) is 20.8 Å². The molecule has 2 aromatic rings. The number of amides is 1. The van der Waals surface area contributed by atoms with E-state index in [1.165, 1.54) is 7.11 Å². The average Bonchev–Trinajstić information content (AvgIpc) is 3.25. The van der Waals surface area contributed by atoms with Gasteiger partial charge < -0.3 is 19.4 Å². The topological polar surface area (TPSA) is 71.6 Å². The molecular formula is C20H24N2O4. The molecular weight excluding hydrogens is 332 g/mol. The summed E-state index contributed by atoms with van der Waals surface area (Å²) < 4.78 is 10.0. The summed E-state index contributed by atoms with van der Waals surface area (Å²) in [5.74, 6) is 0.283. The van der Waals surface area contributed by atoms with Crippen LogP contribution in [0.4, 0.5) is 0 Å². The lowest BCUT2D eigenvalue weighted by atomic mass is 10.0. The maximum Gasteiger partial charge on any atom is 0.339 e. The smallest absolute Gasteiger partial charge is 0.339 e. The van der Waals surface area contributed by atoms with Crippen molar-refractivity contribution in [3.05, 3.63) is 52.3 Å². The normalized spacial score (nSPS) is 16.6. The van der Waals surface area contributed by atoms with Crippen molar-refractivity contribution >= 4 is 11.9 Å². The summed E-state index contributed by atoms with van der Waals surface area (Å²) in [5, 5.41) is 0. The molecule has 0 saturated carbocycles. The zero-order valence-electron chi connectivity index (χ0n) is 15.6. The number of esters is 1. The van der Waals surface area contributed by atoms with Crippen LogP contribution in [0.25, 0.3) is 0 Å². The number of aryl methyl sites for hydroxylation is 1. The Labute approximate surface area is 153 Å². The summed E-state index contributed by atoms with van der Waals surface area (Å²) in [7, 11) is 2.98. The third kappa shape index (κ3) is 3.07. The molecule has 0 spiro atoms. The molecule has 1 aliphatic heterocycles. The minimum absolute atomic E-state index is 0.0259. The summed E-state index contributed by atoms with van der Waals surface area (Å²) in [5.41, 5.74) is 3.28. The molecule has 1 saturated heterocycles. The second kappa shape index (κ2) is 7.23. The molecule has 1 aromatic heterocycles. The molecule has 0 unspecified atom stereocenters. The van der Waals surface area contributed by atoms with Crippen LogP contribution >= 0.6 is 0 Å². The number of aromatic nitrogens is 1. The van der Waals surface area contributed by atoms with Gasteiger partial charge in [0.1, 0.15) is 11.4 Å². The van der Waals surface area contributed by atoms with E-state index in [9.17, 15) is 9.59 Å². The van der Waals surface area contributed by atoms with E-state index in [1.54, 1.807) is 21.0 Å². The number of rotatable bonds is 4. The van der Waals surface area contributed by atoms with Crippen molar-refractivity contribution in [2.45, 2.75) is 32.7 Å². The fraction of sp³-hybridized carbons (Fsp3) is 0.400. The van der Waals surface area contributed by atoms with Gasteiger partial charge >= 0.3 is 5.97 Å². The number of hydrogen-bond donors (Lipinski definition) is 1. The van der Waals surface area contributed by atoms with Gasteiger partial charge in [-0.2, -0.15) is 0 Å². The Kier molecular flexibility index (Phi) is 5.02. The number of methoxy groups -OCH3 is 2. The largest absolute Gasteiger partial charge is 0.497 e. The summed E-state index contributed by atoms with van der Waals surface area (Å²) >= 11 is 0. The van der Waals surface area contributed by atoms with Crippen LogP contribution in [0.3, 0.4) is 0 Å². The lowest BCUT2D eigenvalue weighted by Gasteiger charge is -2.25. The van der Waals surface area contributed by atoms with Crippen LogP contribution in [0.1, 0.15) is 56.6 Å². The van der Waals surface area contributed by atoms with Gasteiger partial charge in [0.05, 0.1) is 25.8 Å². The van der Waals surface area contributed by atoms with E-state index < -0.39 is 5.97 Å². The SMILES string of the molecule is COC(=O)c1c(C)[nH]c(C(=O)N2CCC[C@H]2c2ccc(OC)cc2)c1C. The van der Waals surface area contributed by atoms with Crippen LogP contribution in [0.2, 0.25) is 0 Å². The number of hydrogen-bond acceptors (Lipinski definition) is 4. The van der Waals surface area contributed by atoms with E-state index in [1.807, 2.05) is 29.2 Å². The Bertz CT molecular complexity index is 823. The Morgan fingerprint density at radius 3 is 2.46 bits per heavy atom. The quantitative estimate of drug-likeness (QED) is 0.852. The van der Waals surface area contributed by atoms with Gasteiger partial charge in [-0.3, -0.25) is 4.79 Å². The van der Waals surface area contributed by atoms with E-state index in [0.717, 1.165) is 24.2 Å². The number of likely N-dealkylation sites (tertiary alicyclic amines) is 1. The van der Waals surface area contributed by atoms with Gasteiger partial charge in [0.25, 0.3) is 5.91 Å². The van der Waals surface area contributed by atoms with Crippen molar-refractivity contribution in [1.82, 2.24) is 9.88 Å². The predicted octanol–water partition coefficient (Wildman–Crippen LogP) is 3.40. The molecule has 1 aromatic carbocycles. The molecule has 26 heavy (non-hydrogen) atoms. The van der Waals surface area contributed by atoms with Gasteiger partial charge in [0, 0.05) is 12.2 Å². The summed E-state index contributed by atoms with van der Waals surface area (Å²) in [6.45, 7) is 4.25. The van der Waals surface area contributed by atoms with Crippen LogP contribution in [0, 0.1) is 13.8 Å². The molecule has 2 heterocycles. The van der Waals surface area contributed by atoms with E-state index in [4.69, 9.17) is 9.47 Å². The minimum Gasteiger partial charge on any atom is -0.497 e. The van der Waals surface area contributed by atoms with E-state index in [0.29, 0.717) is 29.1 Å². The zero-order valence-corrected chi connectivity index (χ0v) is 15.6. The van der Waals surface area contributed by atoms with Crippen LogP contribution in [-0.4, -0.2) is 42.5 Å². The zero-order chi connectivity index (χ0) is 18.8. The number of aromatic amines is 1. The van der Waals surface area contributed by atoms with Gasteiger partial charge in [-0.25, -0.2) is 4.79 Å². The molecule has 6 nitrogen and oxygen atoms in total. The average molecular weight is 356 g/mol. The maximum absolute atomic E-state index is 13.2. The lowest BCUT2D eigenvalue weighted by Crippen LogP contribution is -2.31. The molecule has 6 heteroatoms. The Balaban J connectivity index is 1.90. The van der Waals surface area contributed by atoms with Gasteiger partial charge in [-0.05, 0) is 49.9 Å². The molecule has 0 aliphatic carbocycles. The van der Waals surface area contributed by atoms with E-state index in [-0.39, 0.29) is 11.9 Å². The molecule has 0 radical (unpaired) electrons. The van der Waals surface area contributed by atoms with Crippen molar-refractivity contribution in [1.29, 1.82) is 0 Å². The number of benzene rings is 1. The summed E-state index contributed by atoms with van der Waals surface area (Å²) in [6.07, 6.45) is 1.87. The fourth-order valence-electron chi connectivity index (χ4n) is 3.70. The van der Waals surface area contributed by atoms with Crippen molar-refractivity contribution < 1.29 is 19.1 Å². The Morgan fingerprint density at radius 2 is 1.85 bits per heavy atom. The van der Waals surface area contributed by atoms with Crippen molar-refractivity contribution in [2.24, 2.45) is 0 Å². The van der Waals surface area contributed by atoms with Gasteiger partial charge in [0.15, 0.2) is 0 Å². The van der Waals surface area contributed by atoms with E-state index in [2.05, 4.69) is 4.98 Å². The molecule has 1 atom stereocenters. The first-order valence-electron chi connectivity index (χ1n) is 8.70. The van der Waals surface area contributed by atoms with Crippen LogP contribution in [0.15, 0.2) is 24.3 Å². The fourth-order valence-corrected chi connectivity index (χ4v) is 3.70. The highest BCUT2D eigenvalue weighted by Gasteiger charge is 2.33. The van der Waals surface area contributed by atoms with Crippen LogP contribution < -0.4 is 4.74 Å². The number of carbonyl (C=O) groups excluding carboxylic acids is 2. The van der Waals surface area contributed by atoms with Crippen LogP contribution in [-0.2, 0) is 4.74 Å². The lowest BCUT2D eigenvalue weighted by molar-refractivity contribution is 0.0599. The highest BCUT2D eigenvalue weighted by atomic mass is 16.5. The van der Waals surface area contributed by atoms with Gasteiger partial charge in [-0.1, -0.05) is 12.1 Å². The predicted molar refractivity (Wildman–Crippen MR) is 97.6 cm³/mol. The monoisotopic (exact) mass is 356 g/mol. The molecule has 1 aliphatic rings. The number of carbonyl (C=O) groups is 2. The molecule has 138 valence electrons. The highest BCUT2D eigenvalue weighted by Crippen LogP contribution is 2.34. The number of ether oxygens (including phenoxy) is 2. The standard InChI is InChI=1S/C20H24N2O4/c1-12-17(20(24)26-4)13(2)21-18(12)19(23)22-11-5-6-16(22)14-7-9-15(25-3)10-8-14/h7-10,16,21H,5-6,11H2,1-4H3/t16-/m0/s1. The highest BCUT2D eigenvalue weighted by molar-refractivity contribution is 6.00. The minimum atomic E-state index is -0.427. The molecule has 0 bridgehead atoms. The molecule has 1 N–H and O–H groups in total.